The number of aliphatic carboxylic acids is 1. The lowest BCUT2D eigenvalue weighted by molar-refractivity contribution is -0.153. The van der Waals surface area contributed by atoms with E-state index in [4.69, 9.17) is 0 Å². The minimum Gasteiger partial charge on any atom is -0.480 e. The maximum absolute atomic E-state index is 12.3. The maximum Gasteiger partial charge on any atom is 0.326 e. The summed E-state index contributed by atoms with van der Waals surface area (Å²) in [5, 5.41) is 9.31. The van der Waals surface area contributed by atoms with Gasteiger partial charge in [0.1, 0.15) is 6.04 Å². The number of likely N-dealkylation sites (tertiary alicyclic amines) is 1. The summed E-state index contributed by atoms with van der Waals surface area (Å²) in [6, 6.07) is -0.601. The zero-order valence-corrected chi connectivity index (χ0v) is 13.2. The molecule has 0 aromatic rings. The first kappa shape index (κ1) is 16.3. The Kier molecular flexibility index (Phi) is 6.07. The minimum absolute atomic E-state index is 0.0464. The van der Waals surface area contributed by atoms with Crippen LogP contribution >= 0.6 is 0 Å². The largest absolute Gasteiger partial charge is 0.480 e. The van der Waals surface area contributed by atoms with Gasteiger partial charge in [-0.2, -0.15) is 0 Å². The molecule has 1 saturated heterocycles. The number of piperidine rings is 1. The lowest BCUT2D eigenvalue weighted by Gasteiger charge is -2.36. The van der Waals surface area contributed by atoms with Gasteiger partial charge in [0.25, 0.3) is 0 Å². The summed E-state index contributed by atoms with van der Waals surface area (Å²) < 4.78 is 0. The second kappa shape index (κ2) is 7.81. The Balaban J connectivity index is 1.77. The van der Waals surface area contributed by atoms with Crippen LogP contribution in [0.3, 0.4) is 0 Å². The first-order valence-corrected chi connectivity index (χ1v) is 8.60. The Bertz CT molecular complexity index is 363. The molecule has 4 heteroatoms. The molecular weight excluding hydrogens is 266 g/mol. The van der Waals surface area contributed by atoms with Crippen LogP contribution in [0.2, 0.25) is 0 Å². The summed E-state index contributed by atoms with van der Waals surface area (Å²) >= 11 is 0. The summed E-state index contributed by atoms with van der Waals surface area (Å²) in [6.07, 6.45) is 10.8. The highest BCUT2D eigenvalue weighted by Crippen LogP contribution is 2.28. The monoisotopic (exact) mass is 295 g/mol. The van der Waals surface area contributed by atoms with Crippen LogP contribution in [-0.4, -0.2) is 34.5 Å². The van der Waals surface area contributed by atoms with E-state index in [9.17, 15) is 14.7 Å². The Morgan fingerprint density at radius 3 is 2.52 bits per heavy atom. The number of carboxylic acids is 1. The molecule has 2 fully saturated rings. The molecule has 1 aliphatic heterocycles. The highest BCUT2D eigenvalue weighted by molar-refractivity contribution is 5.83. The van der Waals surface area contributed by atoms with Gasteiger partial charge in [-0.15, -0.1) is 0 Å². The molecule has 2 rings (SSSR count). The zero-order valence-electron chi connectivity index (χ0n) is 13.2. The third-order valence-corrected chi connectivity index (χ3v) is 5.20. The van der Waals surface area contributed by atoms with Crippen molar-refractivity contribution in [3.63, 3.8) is 0 Å². The Morgan fingerprint density at radius 1 is 1.14 bits per heavy atom. The molecule has 1 aliphatic carbocycles. The quantitative estimate of drug-likeness (QED) is 0.845. The van der Waals surface area contributed by atoms with Gasteiger partial charge in [-0.05, 0) is 37.5 Å². The number of amides is 1. The normalized spacial score (nSPS) is 27.6. The molecule has 120 valence electrons. The van der Waals surface area contributed by atoms with E-state index < -0.39 is 12.0 Å². The van der Waals surface area contributed by atoms with Gasteiger partial charge in [0, 0.05) is 13.0 Å². The lowest BCUT2D eigenvalue weighted by atomic mass is 9.85. The SMILES string of the molecule is CC1CCN(C(=O)CCCC2CCCCC2)C(C(=O)O)C1. The van der Waals surface area contributed by atoms with Crippen LogP contribution in [0.15, 0.2) is 0 Å². The molecule has 1 N–H and O–H groups in total. The molecule has 21 heavy (non-hydrogen) atoms. The van der Waals surface area contributed by atoms with Crippen molar-refractivity contribution in [2.24, 2.45) is 11.8 Å². The number of carbonyl (C=O) groups excluding carboxylic acids is 1. The molecule has 4 nitrogen and oxygen atoms in total. The molecular formula is C17H29NO3. The molecule has 0 radical (unpaired) electrons. The van der Waals surface area contributed by atoms with Crippen LogP contribution in [0.4, 0.5) is 0 Å². The third-order valence-electron chi connectivity index (χ3n) is 5.20. The summed E-state index contributed by atoms with van der Waals surface area (Å²) in [4.78, 5) is 25.3. The lowest BCUT2D eigenvalue weighted by Crippen LogP contribution is -2.49. The second-order valence-electron chi connectivity index (χ2n) is 6.97. The third kappa shape index (κ3) is 4.72. The second-order valence-corrected chi connectivity index (χ2v) is 6.97. The molecule has 0 bridgehead atoms. The van der Waals surface area contributed by atoms with Crippen LogP contribution in [-0.2, 0) is 9.59 Å². The van der Waals surface area contributed by atoms with E-state index in [-0.39, 0.29) is 5.91 Å². The fourth-order valence-corrected chi connectivity index (χ4v) is 3.84. The van der Waals surface area contributed by atoms with E-state index in [1.54, 1.807) is 4.90 Å². The number of hydrogen-bond acceptors (Lipinski definition) is 2. The number of hydrogen-bond donors (Lipinski definition) is 1. The number of carbonyl (C=O) groups is 2. The van der Waals surface area contributed by atoms with E-state index in [1.807, 2.05) is 0 Å². The average Bonchev–Trinajstić information content (AvgIpc) is 2.48. The van der Waals surface area contributed by atoms with Crippen molar-refractivity contribution in [3.8, 4) is 0 Å². The summed E-state index contributed by atoms with van der Waals surface area (Å²) in [5.41, 5.74) is 0. The number of rotatable bonds is 5. The predicted octanol–water partition coefficient (Wildman–Crippen LogP) is 3.45. The van der Waals surface area contributed by atoms with Gasteiger partial charge in [-0.3, -0.25) is 4.79 Å². The minimum atomic E-state index is -0.845. The molecule has 1 amide bonds. The van der Waals surface area contributed by atoms with E-state index in [2.05, 4.69) is 6.92 Å². The summed E-state index contributed by atoms with van der Waals surface area (Å²) in [6.45, 7) is 2.68. The van der Waals surface area contributed by atoms with Gasteiger partial charge in [0.05, 0.1) is 0 Å². The number of nitrogens with zero attached hydrogens (tertiary/aromatic N) is 1. The fourth-order valence-electron chi connectivity index (χ4n) is 3.84. The summed E-state index contributed by atoms with van der Waals surface area (Å²) in [5.74, 6) is 0.396. The van der Waals surface area contributed by atoms with Crippen molar-refractivity contribution >= 4 is 11.9 Å². The Labute approximate surface area is 127 Å². The Hall–Kier alpha value is -1.06. The van der Waals surface area contributed by atoms with Crippen molar-refractivity contribution in [2.45, 2.75) is 77.2 Å². The van der Waals surface area contributed by atoms with E-state index in [1.165, 1.54) is 32.1 Å². The van der Waals surface area contributed by atoms with Gasteiger partial charge < -0.3 is 10.0 Å². The number of carboxylic acid groups (broad SMARTS) is 1. The van der Waals surface area contributed by atoms with Gasteiger partial charge in [0.2, 0.25) is 5.91 Å². The molecule has 0 aromatic heterocycles. The summed E-state index contributed by atoms with van der Waals surface area (Å²) in [7, 11) is 0. The van der Waals surface area contributed by atoms with Crippen molar-refractivity contribution in [2.75, 3.05) is 6.54 Å². The fraction of sp³-hybridized carbons (Fsp3) is 0.882. The van der Waals surface area contributed by atoms with Gasteiger partial charge in [0.15, 0.2) is 0 Å². The highest BCUT2D eigenvalue weighted by Gasteiger charge is 2.34. The topological polar surface area (TPSA) is 57.6 Å². The van der Waals surface area contributed by atoms with E-state index in [0.717, 1.165) is 25.2 Å². The van der Waals surface area contributed by atoms with Crippen molar-refractivity contribution in [1.29, 1.82) is 0 Å². The van der Waals surface area contributed by atoms with Crippen LogP contribution in [0, 0.1) is 11.8 Å². The molecule has 1 heterocycles. The molecule has 2 unspecified atom stereocenters. The van der Waals surface area contributed by atoms with Crippen LogP contribution < -0.4 is 0 Å². The predicted molar refractivity (Wildman–Crippen MR) is 82.0 cm³/mol. The standard InChI is InChI=1S/C17H29NO3/c1-13-10-11-18(15(12-13)17(20)21)16(19)9-5-8-14-6-3-2-4-7-14/h13-15H,2-12H2,1H3,(H,20,21). The van der Waals surface area contributed by atoms with Crippen molar-refractivity contribution in [3.05, 3.63) is 0 Å². The smallest absolute Gasteiger partial charge is 0.326 e. The maximum atomic E-state index is 12.3. The molecule has 2 atom stereocenters. The van der Waals surface area contributed by atoms with E-state index in [0.29, 0.717) is 25.3 Å². The Morgan fingerprint density at radius 2 is 1.86 bits per heavy atom. The van der Waals surface area contributed by atoms with Gasteiger partial charge in [-0.1, -0.05) is 39.0 Å². The van der Waals surface area contributed by atoms with Crippen molar-refractivity contribution < 1.29 is 14.7 Å². The average molecular weight is 295 g/mol. The van der Waals surface area contributed by atoms with Gasteiger partial charge in [-0.25, -0.2) is 4.79 Å². The highest BCUT2D eigenvalue weighted by atomic mass is 16.4. The van der Waals surface area contributed by atoms with Crippen LogP contribution in [0.25, 0.3) is 0 Å². The molecule has 2 aliphatic rings. The van der Waals surface area contributed by atoms with Crippen LogP contribution in [0.1, 0.15) is 71.1 Å². The zero-order chi connectivity index (χ0) is 15.2. The van der Waals surface area contributed by atoms with Gasteiger partial charge >= 0.3 is 5.97 Å². The molecule has 0 spiro atoms. The van der Waals surface area contributed by atoms with E-state index >= 15 is 0 Å². The van der Waals surface area contributed by atoms with Crippen LogP contribution in [0.5, 0.6) is 0 Å². The molecule has 1 saturated carbocycles. The first-order chi connectivity index (χ1) is 10.1. The first-order valence-electron chi connectivity index (χ1n) is 8.60. The van der Waals surface area contributed by atoms with Crippen molar-refractivity contribution in [1.82, 2.24) is 4.90 Å². The molecule has 0 aromatic carbocycles.